The van der Waals surface area contributed by atoms with Crippen LogP contribution in [0.1, 0.15) is 32.3 Å². The van der Waals surface area contributed by atoms with Gasteiger partial charge in [0.2, 0.25) is 0 Å². The highest BCUT2D eigenvalue weighted by molar-refractivity contribution is 5.47. The highest BCUT2D eigenvalue weighted by Gasteiger charge is 2.19. The maximum Gasteiger partial charge on any atom is 0.165 e. The van der Waals surface area contributed by atoms with Gasteiger partial charge in [0.15, 0.2) is 11.5 Å². The molecule has 0 fully saturated rings. The van der Waals surface area contributed by atoms with Crippen molar-refractivity contribution >= 4 is 0 Å². The van der Waals surface area contributed by atoms with E-state index < -0.39 is 0 Å². The van der Waals surface area contributed by atoms with Crippen molar-refractivity contribution in [3.8, 4) is 11.5 Å². The molecule has 4 heteroatoms. The lowest BCUT2D eigenvalue weighted by atomic mass is 10.0. The minimum atomic E-state index is -0.0942. The van der Waals surface area contributed by atoms with Gasteiger partial charge in [-0.3, -0.25) is 0 Å². The zero-order valence-corrected chi connectivity index (χ0v) is 11.7. The fourth-order valence-corrected chi connectivity index (χ4v) is 2.10. The number of aliphatic hydroxyl groups is 1. The summed E-state index contributed by atoms with van der Waals surface area (Å²) in [5.41, 5.74) is 1.01. The van der Waals surface area contributed by atoms with Crippen LogP contribution in [-0.4, -0.2) is 30.5 Å². The Labute approximate surface area is 114 Å². The van der Waals surface area contributed by atoms with Crippen LogP contribution in [0.4, 0.5) is 0 Å². The molecule has 1 aliphatic rings. The Morgan fingerprint density at radius 3 is 2.84 bits per heavy atom. The largest absolute Gasteiger partial charge is 0.490 e. The molecular formula is C15H23NO3. The van der Waals surface area contributed by atoms with Crippen molar-refractivity contribution in [2.24, 2.45) is 0 Å². The standard InChI is InChI=1S/C15H23NO3/c1-15(2,7-8-17)16-11-12-5-3-6-13-14(12)19-10-4-9-18-13/h3,5-6,16-17H,4,7-11H2,1-2H3. The van der Waals surface area contributed by atoms with Crippen LogP contribution in [0.15, 0.2) is 18.2 Å². The van der Waals surface area contributed by atoms with Crippen molar-refractivity contribution in [1.29, 1.82) is 0 Å². The van der Waals surface area contributed by atoms with E-state index in [9.17, 15) is 0 Å². The molecule has 0 radical (unpaired) electrons. The number of ether oxygens (including phenoxy) is 2. The minimum absolute atomic E-state index is 0.0942. The van der Waals surface area contributed by atoms with Crippen LogP contribution in [0, 0.1) is 0 Å². The summed E-state index contributed by atoms with van der Waals surface area (Å²) in [4.78, 5) is 0. The summed E-state index contributed by atoms with van der Waals surface area (Å²) in [6, 6.07) is 5.99. The first-order valence-electron chi connectivity index (χ1n) is 6.86. The average molecular weight is 265 g/mol. The van der Waals surface area contributed by atoms with Crippen LogP contribution in [0.3, 0.4) is 0 Å². The van der Waals surface area contributed by atoms with E-state index in [4.69, 9.17) is 14.6 Å². The summed E-state index contributed by atoms with van der Waals surface area (Å²) >= 11 is 0. The number of fused-ring (bicyclic) bond motifs is 1. The maximum atomic E-state index is 9.04. The first-order valence-corrected chi connectivity index (χ1v) is 6.86. The lowest BCUT2D eigenvalue weighted by Crippen LogP contribution is -2.39. The molecule has 0 aliphatic carbocycles. The second-order valence-electron chi connectivity index (χ2n) is 5.51. The Kier molecular flexibility index (Phi) is 4.66. The second-order valence-corrected chi connectivity index (χ2v) is 5.51. The van der Waals surface area contributed by atoms with Gasteiger partial charge in [-0.25, -0.2) is 0 Å². The third kappa shape index (κ3) is 3.85. The van der Waals surface area contributed by atoms with Crippen molar-refractivity contribution in [2.75, 3.05) is 19.8 Å². The summed E-state index contributed by atoms with van der Waals surface area (Å²) in [6.07, 6.45) is 1.64. The minimum Gasteiger partial charge on any atom is -0.490 e. The molecule has 1 aromatic rings. The van der Waals surface area contributed by atoms with Gasteiger partial charge in [0.1, 0.15) is 0 Å². The molecule has 0 atom stereocenters. The molecule has 0 amide bonds. The summed E-state index contributed by atoms with van der Waals surface area (Å²) in [5.74, 6) is 1.68. The van der Waals surface area contributed by atoms with Crippen molar-refractivity contribution in [1.82, 2.24) is 5.32 Å². The zero-order chi connectivity index (χ0) is 13.7. The highest BCUT2D eigenvalue weighted by atomic mass is 16.5. The molecule has 0 aromatic heterocycles. The van der Waals surface area contributed by atoms with Crippen LogP contribution in [-0.2, 0) is 6.54 Å². The van der Waals surface area contributed by atoms with Gasteiger partial charge in [-0.15, -0.1) is 0 Å². The molecule has 106 valence electrons. The topological polar surface area (TPSA) is 50.7 Å². The van der Waals surface area contributed by atoms with Gasteiger partial charge in [0.05, 0.1) is 13.2 Å². The Hall–Kier alpha value is -1.26. The van der Waals surface area contributed by atoms with Crippen LogP contribution in [0.5, 0.6) is 11.5 Å². The number of nitrogens with one attached hydrogen (secondary N) is 1. The molecule has 0 bridgehead atoms. The van der Waals surface area contributed by atoms with Gasteiger partial charge in [-0.1, -0.05) is 12.1 Å². The van der Waals surface area contributed by atoms with Crippen LogP contribution in [0.2, 0.25) is 0 Å². The Balaban J connectivity index is 2.08. The fraction of sp³-hybridized carbons (Fsp3) is 0.600. The molecule has 2 N–H and O–H groups in total. The molecule has 0 spiro atoms. The van der Waals surface area contributed by atoms with E-state index >= 15 is 0 Å². The number of rotatable bonds is 5. The quantitative estimate of drug-likeness (QED) is 0.856. The summed E-state index contributed by atoms with van der Waals surface area (Å²) in [5, 5.41) is 12.5. The predicted octanol–water partition coefficient (Wildman–Crippen LogP) is 2.10. The third-order valence-electron chi connectivity index (χ3n) is 3.35. The van der Waals surface area contributed by atoms with E-state index in [1.807, 2.05) is 12.1 Å². The van der Waals surface area contributed by atoms with Crippen molar-refractivity contribution in [2.45, 2.75) is 38.8 Å². The van der Waals surface area contributed by atoms with Gasteiger partial charge in [-0.05, 0) is 26.3 Å². The number of hydrogen-bond acceptors (Lipinski definition) is 4. The van der Waals surface area contributed by atoms with Gasteiger partial charge in [0, 0.05) is 30.7 Å². The fourth-order valence-electron chi connectivity index (χ4n) is 2.10. The second kappa shape index (κ2) is 6.26. The zero-order valence-electron chi connectivity index (χ0n) is 11.7. The molecule has 0 saturated carbocycles. The molecule has 4 nitrogen and oxygen atoms in total. The van der Waals surface area contributed by atoms with Crippen LogP contribution in [0.25, 0.3) is 0 Å². The third-order valence-corrected chi connectivity index (χ3v) is 3.35. The van der Waals surface area contributed by atoms with E-state index in [1.54, 1.807) is 0 Å². The van der Waals surface area contributed by atoms with Crippen molar-refractivity contribution in [3.63, 3.8) is 0 Å². The molecule has 2 rings (SSSR count). The van der Waals surface area contributed by atoms with E-state index in [-0.39, 0.29) is 12.1 Å². The molecule has 1 aliphatic heterocycles. The lowest BCUT2D eigenvalue weighted by molar-refractivity contribution is 0.229. The normalized spacial score (nSPS) is 15.1. The van der Waals surface area contributed by atoms with Gasteiger partial charge in [-0.2, -0.15) is 0 Å². The SMILES string of the molecule is CC(C)(CCO)NCc1cccc2c1OCCCO2. The predicted molar refractivity (Wildman–Crippen MR) is 74.7 cm³/mol. The van der Waals surface area contributed by atoms with E-state index in [2.05, 4.69) is 25.2 Å². The van der Waals surface area contributed by atoms with Gasteiger partial charge < -0.3 is 19.9 Å². The Morgan fingerprint density at radius 2 is 2.05 bits per heavy atom. The van der Waals surface area contributed by atoms with Gasteiger partial charge in [0.25, 0.3) is 0 Å². The summed E-state index contributed by atoms with van der Waals surface area (Å²) in [7, 11) is 0. The monoisotopic (exact) mass is 265 g/mol. The van der Waals surface area contributed by atoms with Crippen LogP contribution >= 0.6 is 0 Å². The first-order chi connectivity index (χ1) is 9.12. The molecule has 0 saturated heterocycles. The molecule has 1 aromatic carbocycles. The van der Waals surface area contributed by atoms with E-state index in [0.717, 1.165) is 29.9 Å². The number of hydrogen-bond donors (Lipinski definition) is 2. The van der Waals surface area contributed by atoms with E-state index in [0.29, 0.717) is 19.8 Å². The van der Waals surface area contributed by atoms with Crippen molar-refractivity contribution < 1.29 is 14.6 Å². The molecule has 1 heterocycles. The maximum absolute atomic E-state index is 9.04. The van der Waals surface area contributed by atoms with Gasteiger partial charge >= 0.3 is 0 Å². The highest BCUT2D eigenvalue weighted by Crippen LogP contribution is 2.33. The number of benzene rings is 1. The summed E-state index contributed by atoms with van der Waals surface area (Å²) < 4.78 is 11.5. The first kappa shape index (κ1) is 14.2. The summed E-state index contributed by atoms with van der Waals surface area (Å²) in [6.45, 7) is 6.47. The lowest BCUT2D eigenvalue weighted by Gasteiger charge is -2.26. The van der Waals surface area contributed by atoms with Crippen LogP contribution < -0.4 is 14.8 Å². The molecule has 0 unspecified atom stereocenters. The Bertz CT molecular complexity index is 418. The number of para-hydroxylation sites is 1. The van der Waals surface area contributed by atoms with E-state index in [1.165, 1.54) is 0 Å². The van der Waals surface area contributed by atoms with Crippen molar-refractivity contribution in [3.05, 3.63) is 23.8 Å². The average Bonchev–Trinajstić information content (AvgIpc) is 2.61. The molecular weight excluding hydrogens is 242 g/mol. The smallest absolute Gasteiger partial charge is 0.165 e. The number of aliphatic hydroxyl groups excluding tert-OH is 1. The Morgan fingerprint density at radius 1 is 1.26 bits per heavy atom. The molecule has 19 heavy (non-hydrogen) atoms.